The third-order valence-corrected chi connectivity index (χ3v) is 4.39. The van der Waals surface area contributed by atoms with E-state index in [-0.39, 0.29) is 5.78 Å². The summed E-state index contributed by atoms with van der Waals surface area (Å²) in [7, 11) is 0. The minimum Gasteiger partial charge on any atom is -0.351 e. The van der Waals surface area contributed by atoms with Crippen molar-refractivity contribution in [2.24, 2.45) is 5.92 Å². The van der Waals surface area contributed by atoms with Gasteiger partial charge in [-0.05, 0) is 50.7 Å². The number of carbonyl (C=O) groups is 1. The molecule has 2 unspecified atom stereocenters. The molecule has 0 N–H and O–H groups in total. The lowest BCUT2D eigenvalue weighted by Crippen LogP contribution is -2.42. The number of fused-ring (bicyclic) bond motifs is 2. The van der Waals surface area contributed by atoms with E-state index in [4.69, 9.17) is 0 Å². The van der Waals surface area contributed by atoms with Crippen molar-refractivity contribution in [3.8, 4) is 0 Å². The molecule has 96 valence electrons. The first-order chi connectivity index (χ1) is 8.65. The van der Waals surface area contributed by atoms with Gasteiger partial charge in [-0.1, -0.05) is 6.92 Å². The third kappa shape index (κ3) is 1.92. The zero-order chi connectivity index (χ0) is 12.7. The molecule has 0 aromatic carbocycles. The van der Waals surface area contributed by atoms with Crippen LogP contribution >= 0.6 is 0 Å². The smallest absolute Gasteiger partial charge is 0.161 e. The van der Waals surface area contributed by atoms with Crippen LogP contribution in [0.25, 0.3) is 0 Å². The van der Waals surface area contributed by atoms with Crippen LogP contribution in [0.4, 0.5) is 5.82 Å². The minimum atomic E-state index is 0.0873. The number of carbonyl (C=O) groups excluding carboxylic acids is 1. The van der Waals surface area contributed by atoms with Gasteiger partial charge in [0.1, 0.15) is 5.82 Å². The van der Waals surface area contributed by atoms with Crippen molar-refractivity contribution in [1.29, 1.82) is 0 Å². The summed E-state index contributed by atoms with van der Waals surface area (Å²) in [6, 6.07) is 5.24. The van der Waals surface area contributed by atoms with Gasteiger partial charge in [0, 0.05) is 23.8 Å². The second-order valence-electron chi connectivity index (χ2n) is 5.83. The molecule has 2 atom stereocenters. The Kier molecular flexibility index (Phi) is 2.84. The van der Waals surface area contributed by atoms with Gasteiger partial charge in [0.2, 0.25) is 0 Å². The zero-order valence-corrected chi connectivity index (χ0v) is 11.1. The van der Waals surface area contributed by atoms with Gasteiger partial charge in [-0.2, -0.15) is 0 Å². The second-order valence-corrected chi connectivity index (χ2v) is 5.83. The van der Waals surface area contributed by atoms with Crippen molar-refractivity contribution >= 4 is 11.6 Å². The van der Waals surface area contributed by atoms with E-state index in [1.165, 1.54) is 25.7 Å². The second kappa shape index (κ2) is 4.38. The summed E-state index contributed by atoms with van der Waals surface area (Å²) in [5.74, 6) is 1.99. The molecular weight excluding hydrogens is 224 g/mol. The number of nitrogens with zero attached hydrogens (tertiary/aromatic N) is 2. The molecule has 2 fully saturated rings. The summed E-state index contributed by atoms with van der Waals surface area (Å²) in [5.41, 5.74) is 0.705. The molecular formula is C15H20N2O. The number of anilines is 1. The van der Waals surface area contributed by atoms with E-state index < -0.39 is 0 Å². The number of ketones is 1. The van der Waals surface area contributed by atoms with Crippen LogP contribution in [-0.2, 0) is 0 Å². The molecule has 3 rings (SSSR count). The summed E-state index contributed by atoms with van der Waals surface area (Å²) >= 11 is 0. The SMILES string of the molecule is CC(=O)c1ccc(N2C3CCC2CC(C)C3)nc1. The predicted octanol–water partition coefficient (Wildman–Crippen LogP) is 3.05. The number of Topliss-reactive ketones (excluding diaryl/α,β-unsaturated/α-hetero) is 1. The van der Waals surface area contributed by atoms with Gasteiger partial charge in [-0.3, -0.25) is 4.79 Å². The average Bonchev–Trinajstić information content (AvgIpc) is 2.62. The average molecular weight is 244 g/mol. The lowest BCUT2D eigenvalue weighted by Gasteiger charge is -2.38. The number of pyridine rings is 1. The van der Waals surface area contributed by atoms with Crippen LogP contribution in [0.5, 0.6) is 0 Å². The molecule has 2 saturated heterocycles. The van der Waals surface area contributed by atoms with Gasteiger partial charge in [0.05, 0.1) is 0 Å². The Hall–Kier alpha value is -1.38. The molecule has 0 saturated carbocycles. The topological polar surface area (TPSA) is 33.2 Å². The van der Waals surface area contributed by atoms with Crippen LogP contribution in [0.15, 0.2) is 18.3 Å². The van der Waals surface area contributed by atoms with Crippen molar-refractivity contribution in [3.05, 3.63) is 23.9 Å². The van der Waals surface area contributed by atoms with Crippen LogP contribution in [0, 0.1) is 5.92 Å². The highest BCUT2D eigenvalue weighted by molar-refractivity contribution is 5.93. The molecule has 3 nitrogen and oxygen atoms in total. The molecule has 1 aromatic rings. The summed E-state index contributed by atoms with van der Waals surface area (Å²) in [6.45, 7) is 3.94. The quantitative estimate of drug-likeness (QED) is 0.750. The van der Waals surface area contributed by atoms with E-state index in [0.717, 1.165) is 11.7 Å². The zero-order valence-electron chi connectivity index (χ0n) is 11.1. The fraction of sp³-hybridized carbons (Fsp3) is 0.600. The predicted molar refractivity (Wildman–Crippen MR) is 71.9 cm³/mol. The molecule has 3 heterocycles. The monoisotopic (exact) mass is 244 g/mol. The fourth-order valence-electron chi connectivity index (χ4n) is 3.57. The lowest BCUT2D eigenvalue weighted by atomic mass is 9.92. The first kappa shape index (κ1) is 11.7. The maximum atomic E-state index is 11.3. The van der Waals surface area contributed by atoms with Gasteiger partial charge in [0.25, 0.3) is 0 Å². The Balaban J connectivity index is 1.85. The van der Waals surface area contributed by atoms with E-state index in [1.807, 2.05) is 12.1 Å². The van der Waals surface area contributed by atoms with Gasteiger partial charge in [0.15, 0.2) is 5.78 Å². The van der Waals surface area contributed by atoms with Crippen molar-refractivity contribution in [1.82, 2.24) is 4.98 Å². The summed E-state index contributed by atoms with van der Waals surface area (Å²) < 4.78 is 0. The van der Waals surface area contributed by atoms with E-state index in [0.29, 0.717) is 17.6 Å². The maximum Gasteiger partial charge on any atom is 0.161 e. The molecule has 0 aliphatic carbocycles. The van der Waals surface area contributed by atoms with Crippen molar-refractivity contribution in [2.45, 2.75) is 51.6 Å². The first-order valence-corrected chi connectivity index (χ1v) is 6.90. The Morgan fingerprint density at radius 1 is 1.28 bits per heavy atom. The van der Waals surface area contributed by atoms with Gasteiger partial charge >= 0.3 is 0 Å². The van der Waals surface area contributed by atoms with Gasteiger partial charge in [-0.15, -0.1) is 0 Å². The summed E-state index contributed by atoms with van der Waals surface area (Å²) in [5, 5.41) is 0. The standard InChI is InChI=1S/C15H20N2O/c1-10-7-13-4-5-14(8-10)17(13)15-6-3-12(9-16-15)11(2)18/h3,6,9-10,13-14H,4-5,7-8H2,1-2H3. The van der Waals surface area contributed by atoms with E-state index >= 15 is 0 Å². The maximum absolute atomic E-state index is 11.3. The molecule has 0 radical (unpaired) electrons. The Bertz CT molecular complexity index is 440. The largest absolute Gasteiger partial charge is 0.351 e. The highest BCUT2D eigenvalue weighted by atomic mass is 16.1. The summed E-state index contributed by atoms with van der Waals surface area (Å²) in [6.07, 6.45) is 6.88. The van der Waals surface area contributed by atoms with E-state index in [1.54, 1.807) is 13.1 Å². The van der Waals surface area contributed by atoms with Crippen molar-refractivity contribution in [3.63, 3.8) is 0 Å². The van der Waals surface area contributed by atoms with Crippen LogP contribution in [0.2, 0.25) is 0 Å². The number of aromatic nitrogens is 1. The molecule has 3 heteroatoms. The first-order valence-electron chi connectivity index (χ1n) is 6.90. The van der Waals surface area contributed by atoms with Crippen LogP contribution < -0.4 is 4.90 Å². The van der Waals surface area contributed by atoms with Crippen LogP contribution in [-0.4, -0.2) is 22.9 Å². The molecule has 2 bridgehead atoms. The highest BCUT2D eigenvalue weighted by Gasteiger charge is 2.39. The Morgan fingerprint density at radius 3 is 2.44 bits per heavy atom. The van der Waals surface area contributed by atoms with Gasteiger partial charge in [-0.25, -0.2) is 4.98 Å². The van der Waals surface area contributed by atoms with Gasteiger partial charge < -0.3 is 4.90 Å². The van der Waals surface area contributed by atoms with Crippen LogP contribution in [0.1, 0.15) is 49.9 Å². The Labute approximate surface area is 108 Å². The molecule has 0 amide bonds. The van der Waals surface area contributed by atoms with Crippen molar-refractivity contribution in [2.75, 3.05) is 4.90 Å². The number of rotatable bonds is 2. The molecule has 18 heavy (non-hydrogen) atoms. The minimum absolute atomic E-state index is 0.0873. The number of piperidine rings is 1. The molecule has 1 aromatic heterocycles. The third-order valence-electron chi connectivity index (χ3n) is 4.39. The highest BCUT2D eigenvalue weighted by Crippen LogP contribution is 2.40. The number of hydrogen-bond acceptors (Lipinski definition) is 3. The summed E-state index contributed by atoms with van der Waals surface area (Å²) in [4.78, 5) is 18.2. The van der Waals surface area contributed by atoms with E-state index in [2.05, 4.69) is 16.8 Å². The molecule has 2 aliphatic rings. The number of hydrogen-bond donors (Lipinski definition) is 0. The molecule has 2 aliphatic heterocycles. The normalized spacial score (nSPS) is 30.6. The van der Waals surface area contributed by atoms with Crippen LogP contribution in [0.3, 0.4) is 0 Å². The fourth-order valence-corrected chi connectivity index (χ4v) is 3.57. The van der Waals surface area contributed by atoms with Crippen molar-refractivity contribution < 1.29 is 4.79 Å². The van der Waals surface area contributed by atoms with E-state index in [9.17, 15) is 4.79 Å². The molecule has 0 spiro atoms. The Morgan fingerprint density at radius 2 is 1.94 bits per heavy atom. The lowest BCUT2D eigenvalue weighted by molar-refractivity contribution is 0.101.